The number of rotatable bonds is 6. The van der Waals surface area contributed by atoms with E-state index in [1.807, 2.05) is 30.3 Å². The van der Waals surface area contributed by atoms with E-state index in [9.17, 15) is 22.8 Å². The van der Waals surface area contributed by atoms with Gasteiger partial charge in [0.25, 0.3) is 5.91 Å². The zero-order valence-electron chi connectivity index (χ0n) is 20.1. The van der Waals surface area contributed by atoms with Crippen LogP contribution in [0, 0.1) is 0 Å². The molecule has 1 aliphatic rings. The molecule has 10 nitrogen and oxygen atoms in total. The molecule has 1 saturated heterocycles. The number of fused-ring (bicyclic) bond motifs is 1. The van der Waals surface area contributed by atoms with Crippen molar-refractivity contribution in [3.63, 3.8) is 0 Å². The van der Waals surface area contributed by atoms with Gasteiger partial charge in [-0.15, -0.1) is 0 Å². The van der Waals surface area contributed by atoms with Crippen LogP contribution in [0.1, 0.15) is 27.9 Å². The molecule has 1 aromatic carbocycles. The number of carbonyl (C=O) groups is 2. The van der Waals surface area contributed by atoms with Gasteiger partial charge in [-0.05, 0) is 17.7 Å². The molecule has 0 bridgehead atoms. The average Bonchev–Trinajstić information content (AvgIpc) is 3.45. The summed E-state index contributed by atoms with van der Waals surface area (Å²) in [5.74, 6) is -1.05. The van der Waals surface area contributed by atoms with Gasteiger partial charge in [-0.1, -0.05) is 30.3 Å². The Balaban J connectivity index is 1.43. The molecular weight excluding hydrogens is 503 g/mol. The highest BCUT2D eigenvalue weighted by Crippen LogP contribution is 2.39. The number of nitrogens with zero attached hydrogens (tertiary/aromatic N) is 5. The molecule has 3 N–H and O–H groups in total. The largest absolute Gasteiger partial charge is 0.480 e. The van der Waals surface area contributed by atoms with Crippen LogP contribution in [-0.4, -0.2) is 56.0 Å². The van der Waals surface area contributed by atoms with Gasteiger partial charge < -0.3 is 20.7 Å². The van der Waals surface area contributed by atoms with Gasteiger partial charge in [0.1, 0.15) is 17.4 Å². The normalized spacial score (nSPS) is 15.7. The highest BCUT2D eigenvalue weighted by atomic mass is 19.4. The quantitative estimate of drug-likeness (QED) is 0.396. The number of hydrogen-bond acceptors (Lipinski definition) is 7. The number of halogens is 3. The first-order valence-electron chi connectivity index (χ1n) is 11.5. The summed E-state index contributed by atoms with van der Waals surface area (Å²) in [7, 11) is 1.32. The molecule has 0 radical (unpaired) electrons. The van der Waals surface area contributed by atoms with Crippen LogP contribution in [0.4, 0.5) is 19.0 Å². The lowest BCUT2D eigenvalue weighted by molar-refractivity contribution is -0.136. The van der Waals surface area contributed by atoms with Crippen LogP contribution in [-0.2, 0) is 17.5 Å². The molecule has 1 aliphatic heterocycles. The van der Waals surface area contributed by atoms with Crippen LogP contribution in [0.15, 0.2) is 55.0 Å². The standard InChI is InChI=1S/C25H22F3N7O3/c1-38-24-17(23(37)33-16-8-20(36)34(12-16)11-14-5-3-2-4-6-14)7-15(10-30-24)19-9-18(25(26,27)28)21-22(29)31-13-32-35(19)21/h2-7,9-10,13,16H,8,11-12H2,1H3,(H,33,37)(H2,29,31,32). The number of benzene rings is 1. The smallest absolute Gasteiger partial charge is 0.418 e. The molecule has 3 aromatic heterocycles. The number of likely N-dealkylation sites (tertiary alicyclic amines) is 1. The number of anilines is 1. The van der Waals surface area contributed by atoms with Crippen molar-refractivity contribution in [2.24, 2.45) is 0 Å². The van der Waals surface area contributed by atoms with Gasteiger partial charge in [0.05, 0.1) is 24.4 Å². The second-order valence-corrected chi connectivity index (χ2v) is 8.76. The van der Waals surface area contributed by atoms with Crippen molar-refractivity contribution in [3.8, 4) is 17.1 Å². The number of hydrogen-bond donors (Lipinski definition) is 2. The minimum atomic E-state index is -4.72. The molecule has 4 heterocycles. The Hall–Kier alpha value is -4.68. The lowest BCUT2D eigenvalue weighted by Crippen LogP contribution is -2.37. The van der Waals surface area contributed by atoms with E-state index in [1.165, 1.54) is 19.4 Å². The Bertz CT molecular complexity index is 1520. The van der Waals surface area contributed by atoms with E-state index in [4.69, 9.17) is 10.5 Å². The van der Waals surface area contributed by atoms with E-state index in [-0.39, 0.29) is 40.8 Å². The number of nitrogen functional groups attached to an aromatic ring is 1. The van der Waals surface area contributed by atoms with Crippen LogP contribution in [0.3, 0.4) is 0 Å². The molecule has 1 fully saturated rings. The van der Waals surface area contributed by atoms with Crippen LogP contribution < -0.4 is 15.8 Å². The number of ether oxygens (including phenoxy) is 1. The Labute approximate surface area is 214 Å². The maximum absolute atomic E-state index is 13.7. The van der Waals surface area contributed by atoms with E-state index >= 15 is 0 Å². The number of aromatic nitrogens is 4. The minimum absolute atomic E-state index is 0.00973. The molecule has 5 rings (SSSR count). The van der Waals surface area contributed by atoms with Crippen LogP contribution in [0.5, 0.6) is 5.88 Å². The third kappa shape index (κ3) is 4.69. The number of nitrogens with two attached hydrogens (primary N) is 1. The van der Waals surface area contributed by atoms with Crippen LogP contribution in [0.2, 0.25) is 0 Å². The monoisotopic (exact) mass is 525 g/mol. The van der Waals surface area contributed by atoms with Crippen molar-refractivity contribution in [2.45, 2.75) is 25.2 Å². The van der Waals surface area contributed by atoms with E-state index < -0.39 is 29.2 Å². The van der Waals surface area contributed by atoms with Crippen molar-refractivity contribution in [1.82, 2.24) is 29.8 Å². The number of alkyl halides is 3. The summed E-state index contributed by atoms with van der Waals surface area (Å²) >= 11 is 0. The molecule has 4 aromatic rings. The summed E-state index contributed by atoms with van der Waals surface area (Å²) < 4.78 is 47.4. The third-order valence-corrected chi connectivity index (χ3v) is 6.24. The van der Waals surface area contributed by atoms with Crippen molar-refractivity contribution in [3.05, 3.63) is 71.7 Å². The van der Waals surface area contributed by atoms with Crippen molar-refractivity contribution < 1.29 is 27.5 Å². The zero-order chi connectivity index (χ0) is 27.0. The summed E-state index contributed by atoms with van der Waals surface area (Å²) in [6.45, 7) is 0.726. The first-order chi connectivity index (χ1) is 18.2. The van der Waals surface area contributed by atoms with Crippen molar-refractivity contribution in [2.75, 3.05) is 19.4 Å². The number of carbonyl (C=O) groups excluding carboxylic acids is 2. The average molecular weight is 525 g/mol. The summed E-state index contributed by atoms with van der Waals surface area (Å²) in [6, 6.07) is 11.2. The topological polar surface area (TPSA) is 128 Å². The molecular formula is C25H22F3N7O3. The molecule has 38 heavy (non-hydrogen) atoms. The van der Waals surface area contributed by atoms with Gasteiger partial charge in [-0.3, -0.25) is 9.59 Å². The van der Waals surface area contributed by atoms with Crippen molar-refractivity contribution in [1.29, 1.82) is 0 Å². The third-order valence-electron chi connectivity index (χ3n) is 6.24. The van der Waals surface area contributed by atoms with E-state index in [2.05, 4.69) is 20.4 Å². The molecule has 196 valence electrons. The molecule has 13 heteroatoms. The zero-order valence-corrected chi connectivity index (χ0v) is 20.1. The van der Waals surface area contributed by atoms with Crippen LogP contribution >= 0.6 is 0 Å². The SMILES string of the molecule is COc1ncc(-c2cc(C(F)(F)F)c3c(N)ncnn23)cc1C(=O)NC1CC(=O)N(Cc2ccccc2)C1. The molecule has 0 spiro atoms. The minimum Gasteiger partial charge on any atom is -0.480 e. The van der Waals surface area contributed by atoms with Gasteiger partial charge >= 0.3 is 6.18 Å². The number of amides is 2. The van der Waals surface area contributed by atoms with Gasteiger partial charge in [0.2, 0.25) is 11.8 Å². The van der Waals surface area contributed by atoms with E-state index in [0.29, 0.717) is 13.1 Å². The molecule has 0 aliphatic carbocycles. The molecule has 1 atom stereocenters. The second kappa shape index (κ2) is 9.65. The lowest BCUT2D eigenvalue weighted by atomic mass is 10.1. The van der Waals surface area contributed by atoms with Gasteiger partial charge in [0.15, 0.2) is 5.82 Å². The Morgan fingerprint density at radius 2 is 1.97 bits per heavy atom. The lowest BCUT2D eigenvalue weighted by Gasteiger charge is -2.17. The van der Waals surface area contributed by atoms with E-state index in [1.54, 1.807) is 4.90 Å². The predicted molar refractivity (Wildman–Crippen MR) is 130 cm³/mol. The van der Waals surface area contributed by atoms with Crippen molar-refractivity contribution >= 4 is 23.1 Å². The first-order valence-corrected chi connectivity index (χ1v) is 11.5. The Morgan fingerprint density at radius 3 is 2.68 bits per heavy atom. The number of nitrogens with one attached hydrogen (secondary N) is 1. The predicted octanol–water partition coefficient (Wildman–Crippen LogP) is 2.93. The van der Waals surface area contributed by atoms with Gasteiger partial charge in [-0.2, -0.15) is 18.3 Å². The van der Waals surface area contributed by atoms with Gasteiger partial charge in [0, 0.05) is 31.3 Å². The highest BCUT2D eigenvalue weighted by Gasteiger charge is 2.37. The fourth-order valence-corrected chi connectivity index (χ4v) is 4.50. The maximum Gasteiger partial charge on any atom is 0.418 e. The fraction of sp³-hybridized carbons (Fsp3) is 0.240. The molecule has 0 saturated carbocycles. The summed E-state index contributed by atoms with van der Waals surface area (Å²) in [4.78, 5) is 35.2. The number of methoxy groups -OCH3 is 1. The molecule has 1 unspecified atom stereocenters. The van der Waals surface area contributed by atoms with Crippen LogP contribution in [0.25, 0.3) is 16.8 Å². The Kier molecular flexibility index (Phi) is 6.35. The summed E-state index contributed by atoms with van der Waals surface area (Å²) in [5, 5.41) is 6.74. The van der Waals surface area contributed by atoms with Gasteiger partial charge in [-0.25, -0.2) is 14.5 Å². The summed E-state index contributed by atoms with van der Waals surface area (Å²) in [5.41, 5.74) is 5.45. The number of pyridine rings is 1. The first kappa shape index (κ1) is 25.0. The second-order valence-electron chi connectivity index (χ2n) is 8.76. The highest BCUT2D eigenvalue weighted by molar-refractivity contribution is 5.98. The van der Waals surface area contributed by atoms with E-state index in [0.717, 1.165) is 22.5 Å². The summed E-state index contributed by atoms with van der Waals surface area (Å²) in [6.07, 6.45) is -2.29. The Morgan fingerprint density at radius 1 is 1.21 bits per heavy atom. The molecule has 2 amide bonds. The maximum atomic E-state index is 13.7. The fourth-order valence-electron chi connectivity index (χ4n) is 4.50.